The topological polar surface area (TPSA) is 26.0 Å². The second-order valence-corrected chi connectivity index (χ2v) is 4.11. The van der Waals surface area contributed by atoms with Crippen molar-refractivity contribution in [1.29, 1.82) is 0 Å². The highest BCUT2D eigenvalue weighted by molar-refractivity contribution is 5.33. The molecule has 0 saturated heterocycles. The first-order valence-corrected chi connectivity index (χ1v) is 5.81. The second-order valence-electron chi connectivity index (χ2n) is 4.11. The van der Waals surface area contributed by atoms with Gasteiger partial charge in [0.15, 0.2) is 0 Å². The number of nitrogens with two attached hydrogens (primary N) is 1. The summed E-state index contributed by atoms with van der Waals surface area (Å²) in [7, 11) is 0. The largest absolute Gasteiger partial charge is 0.330 e. The molecule has 0 amide bonds. The van der Waals surface area contributed by atoms with Crippen LogP contribution in [0.4, 0.5) is 4.39 Å². The van der Waals surface area contributed by atoms with E-state index < -0.39 is 0 Å². The van der Waals surface area contributed by atoms with Crippen molar-refractivity contribution >= 4 is 0 Å². The fourth-order valence-corrected chi connectivity index (χ4v) is 1.95. The van der Waals surface area contributed by atoms with Gasteiger partial charge in [-0.2, -0.15) is 0 Å². The Morgan fingerprint density at radius 3 is 2.18 bits per heavy atom. The molecule has 88 valence electrons. The molecule has 0 saturated carbocycles. The van der Waals surface area contributed by atoms with E-state index in [1.54, 1.807) is 0 Å². The molecule has 0 unspecified atom stereocenters. The third kappa shape index (κ3) is 3.14. The van der Waals surface area contributed by atoms with Crippen LogP contribution >= 0.6 is 0 Å². The summed E-state index contributed by atoms with van der Waals surface area (Å²) in [5.74, 6) is -0.191. The van der Waals surface area contributed by atoms with Gasteiger partial charge in [-0.1, -0.05) is 36.4 Å². The molecule has 2 N–H and O–H groups in total. The van der Waals surface area contributed by atoms with Crippen molar-refractivity contribution in [2.24, 2.45) is 5.73 Å². The van der Waals surface area contributed by atoms with Crippen LogP contribution in [-0.4, -0.2) is 6.54 Å². The standard InChI is InChI=1S/C15H16FN/c16-15-7-5-12(6-8-15)11-14-4-2-1-3-13(14)9-10-17/h1-8H,9-11,17H2. The average molecular weight is 229 g/mol. The van der Waals surface area contributed by atoms with Crippen LogP contribution in [0.15, 0.2) is 48.5 Å². The van der Waals surface area contributed by atoms with E-state index in [9.17, 15) is 4.39 Å². The zero-order valence-electron chi connectivity index (χ0n) is 9.70. The van der Waals surface area contributed by atoms with Crippen molar-refractivity contribution in [3.63, 3.8) is 0 Å². The molecule has 0 aliphatic carbocycles. The van der Waals surface area contributed by atoms with Crippen LogP contribution in [0, 0.1) is 5.82 Å². The maximum atomic E-state index is 12.8. The summed E-state index contributed by atoms with van der Waals surface area (Å²) in [5.41, 5.74) is 9.26. The van der Waals surface area contributed by atoms with Crippen molar-refractivity contribution in [3.05, 3.63) is 71.0 Å². The normalized spacial score (nSPS) is 10.5. The Labute approximate surface area is 101 Å². The first kappa shape index (κ1) is 11.8. The van der Waals surface area contributed by atoms with E-state index in [-0.39, 0.29) is 5.82 Å². The Hall–Kier alpha value is -1.67. The molecule has 2 aromatic carbocycles. The molecule has 17 heavy (non-hydrogen) atoms. The summed E-state index contributed by atoms with van der Waals surface area (Å²) in [6.07, 6.45) is 1.72. The first-order valence-electron chi connectivity index (χ1n) is 5.81. The van der Waals surface area contributed by atoms with Gasteiger partial charge in [0.1, 0.15) is 5.82 Å². The predicted molar refractivity (Wildman–Crippen MR) is 68.4 cm³/mol. The Bertz CT molecular complexity index is 477. The molecule has 1 nitrogen and oxygen atoms in total. The molecule has 0 radical (unpaired) electrons. The molecule has 0 atom stereocenters. The van der Waals surface area contributed by atoms with Gasteiger partial charge in [0.25, 0.3) is 0 Å². The summed E-state index contributed by atoms with van der Waals surface area (Å²) in [5, 5.41) is 0. The quantitative estimate of drug-likeness (QED) is 0.857. The zero-order chi connectivity index (χ0) is 12.1. The lowest BCUT2D eigenvalue weighted by Crippen LogP contribution is -2.05. The molecule has 0 aliphatic rings. The van der Waals surface area contributed by atoms with Crippen LogP contribution in [0.5, 0.6) is 0 Å². The minimum atomic E-state index is -0.191. The Morgan fingerprint density at radius 2 is 1.53 bits per heavy atom. The number of halogens is 1. The summed E-state index contributed by atoms with van der Waals surface area (Å²) in [4.78, 5) is 0. The fourth-order valence-electron chi connectivity index (χ4n) is 1.95. The molecule has 2 aromatic rings. The number of hydrogen-bond acceptors (Lipinski definition) is 1. The Balaban J connectivity index is 2.20. The molecular weight excluding hydrogens is 213 g/mol. The van der Waals surface area contributed by atoms with Crippen molar-refractivity contribution in [3.8, 4) is 0 Å². The van der Waals surface area contributed by atoms with Crippen molar-refractivity contribution in [1.82, 2.24) is 0 Å². The molecule has 0 heterocycles. The monoisotopic (exact) mass is 229 g/mol. The maximum Gasteiger partial charge on any atom is 0.123 e. The van der Waals surface area contributed by atoms with Gasteiger partial charge >= 0.3 is 0 Å². The van der Waals surface area contributed by atoms with E-state index in [0.717, 1.165) is 18.4 Å². The zero-order valence-corrected chi connectivity index (χ0v) is 9.70. The molecular formula is C15H16FN. The third-order valence-electron chi connectivity index (χ3n) is 2.84. The van der Waals surface area contributed by atoms with Gasteiger partial charge in [0, 0.05) is 0 Å². The predicted octanol–water partition coefficient (Wildman–Crippen LogP) is 2.92. The van der Waals surface area contributed by atoms with Gasteiger partial charge in [-0.25, -0.2) is 4.39 Å². The third-order valence-corrected chi connectivity index (χ3v) is 2.84. The SMILES string of the molecule is NCCc1ccccc1Cc1ccc(F)cc1. The molecule has 0 fully saturated rings. The minimum absolute atomic E-state index is 0.191. The van der Waals surface area contributed by atoms with E-state index in [1.807, 2.05) is 24.3 Å². The van der Waals surface area contributed by atoms with Crippen molar-refractivity contribution < 1.29 is 4.39 Å². The van der Waals surface area contributed by atoms with Gasteiger partial charge in [-0.15, -0.1) is 0 Å². The molecule has 0 aromatic heterocycles. The fraction of sp³-hybridized carbons (Fsp3) is 0.200. The smallest absolute Gasteiger partial charge is 0.123 e. The lowest BCUT2D eigenvalue weighted by atomic mass is 9.98. The van der Waals surface area contributed by atoms with Gasteiger partial charge in [-0.3, -0.25) is 0 Å². The molecule has 2 rings (SSSR count). The number of benzene rings is 2. The van der Waals surface area contributed by atoms with Crippen molar-refractivity contribution in [2.75, 3.05) is 6.54 Å². The van der Waals surface area contributed by atoms with Gasteiger partial charge in [0.2, 0.25) is 0 Å². The van der Waals surface area contributed by atoms with Gasteiger partial charge in [-0.05, 0) is 48.2 Å². The first-order chi connectivity index (χ1) is 8.29. The highest BCUT2D eigenvalue weighted by Crippen LogP contribution is 2.15. The lowest BCUT2D eigenvalue weighted by Gasteiger charge is -2.08. The molecule has 0 aliphatic heterocycles. The van der Waals surface area contributed by atoms with E-state index in [2.05, 4.69) is 12.1 Å². The van der Waals surface area contributed by atoms with E-state index in [1.165, 1.54) is 23.3 Å². The summed E-state index contributed by atoms with van der Waals surface area (Å²) >= 11 is 0. The number of rotatable bonds is 4. The molecule has 0 bridgehead atoms. The highest BCUT2D eigenvalue weighted by atomic mass is 19.1. The second kappa shape index (κ2) is 5.60. The van der Waals surface area contributed by atoms with Crippen LogP contribution < -0.4 is 5.73 Å². The van der Waals surface area contributed by atoms with Crippen LogP contribution in [0.1, 0.15) is 16.7 Å². The number of hydrogen-bond donors (Lipinski definition) is 1. The molecule has 2 heteroatoms. The Morgan fingerprint density at radius 1 is 0.882 bits per heavy atom. The maximum absolute atomic E-state index is 12.8. The molecule has 0 spiro atoms. The summed E-state index contributed by atoms with van der Waals surface area (Å²) in [6, 6.07) is 14.9. The Kier molecular flexibility index (Phi) is 3.89. The van der Waals surface area contributed by atoms with Crippen LogP contribution in [-0.2, 0) is 12.8 Å². The van der Waals surface area contributed by atoms with E-state index in [0.29, 0.717) is 6.54 Å². The highest BCUT2D eigenvalue weighted by Gasteiger charge is 2.02. The average Bonchev–Trinajstić information content (AvgIpc) is 2.35. The van der Waals surface area contributed by atoms with Crippen LogP contribution in [0.3, 0.4) is 0 Å². The van der Waals surface area contributed by atoms with Gasteiger partial charge < -0.3 is 5.73 Å². The van der Waals surface area contributed by atoms with Crippen LogP contribution in [0.2, 0.25) is 0 Å². The summed E-state index contributed by atoms with van der Waals surface area (Å²) in [6.45, 7) is 0.653. The van der Waals surface area contributed by atoms with E-state index >= 15 is 0 Å². The van der Waals surface area contributed by atoms with Crippen LogP contribution in [0.25, 0.3) is 0 Å². The lowest BCUT2D eigenvalue weighted by molar-refractivity contribution is 0.627. The van der Waals surface area contributed by atoms with Gasteiger partial charge in [0.05, 0.1) is 0 Å². The van der Waals surface area contributed by atoms with Crippen molar-refractivity contribution in [2.45, 2.75) is 12.8 Å². The minimum Gasteiger partial charge on any atom is -0.330 e. The summed E-state index contributed by atoms with van der Waals surface area (Å²) < 4.78 is 12.8. The van der Waals surface area contributed by atoms with E-state index in [4.69, 9.17) is 5.73 Å².